The summed E-state index contributed by atoms with van der Waals surface area (Å²) in [6.45, 7) is 3.34. The van der Waals surface area contributed by atoms with E-state index in [1.807, 2.05) is 49.4 Å². The first kappa shape index (κ1) is 18.7. The fourth-order valence-corrected chi connectivity index (χ4v) is 3.51. The molecule has 29 heavy (non-hydrogen) atoms. The van der Waals surface area contributed by atoms with E-state index >= 15 is 0 Å². The van der Waals surface area contributed by atoms with Crippen LogP contribution >= 0.6 is 12.2 Å². The number of thiocarbonyl (C=S) groups is 1. The molecule has 0 radical (unpaired) electrons. The Morgan fingerprint density at radius 1 is 1.10 bits per heavy atom. The highest BCUT2D eigenvalue weighted by Gasteiger charge is 2.22. The van der Waals surface area contributed by atoms with Crippen molar-refractivity contribution in [3.8, 4) is 11.1 Å². The number of aromatic amines is 1. The van der Waals surface area contributed by atoms with Crippen molar-refractivity contribution in [3.05, 3.63) is 66.1 Å². The van der Waals surface area contributed by atoms with Crippen LogP contribution in [0.2, 0.25) is 0 Å². The number of pyridine rings is 2. The first-order valence-corrected chi connectivity index (χ1v) is 9.38. The zero-order valence-electron chi connectivity index (χ0n) is 15.9. The van der Waals surface area contributed by atoms with Crippen molar-refractivity contribution in [2.75, 3.05) is 10.6 Å². The van der Waals surface area contributed by atoms with Crippen molar-refractivity contribution in [1.82, 2.24) is 20.2 Å². The number of para-hydroxylation sites is 1. The molecule has 0 amide bonds. The van der Waals surface area contributed by atoms with Crippen LogP contribution < -0.4 is 10.6 Å². The number of nitrogens with one attached hydrogen (secondary N) is 3. The lowest BCUT2D eigenvalue weighted by Gasteiger charge is -2.13. The molecule has 0 fully saturated rings. The van der Waals surface area contributed by atoms with E-state index in [2.05, 4.69) is 30.8 Å². The van der Waals surface area contributed by atoms with Crippen LogP contribution in [0.3, 0.4) is 0 Å². The van der Waals surface area contributed by atoms with Crippen LogP contribution in [0.15, 0.2) is 54.9 Å². The van der Waals surface area contributed by atoms with Gasteiger partial charge >= 0.3 is 0 Å². The van der Waals surface area contributed by atoms with Gasteiger partial charge in [0.25, 0.3) is 0 Å². The number of ketones is 1. The molecule has 7 nitrogen and oxygen atoms in total. The number of fused-ring (bicyclic) bond motifs is 1. The summed E-state index contributed by atoms with van der Waals surface area (Å²) in [4.78, 5) is 21.2. The molecule has 3 N–H and O–H groups in total. The number of anilines is 2. The number of hydrogen-bond donors (Lipinski definition) is 3. The predicted molar refractivity (Wildman–Crippen MR) is 118 cm³/mol. The summed E-state index contributed by atoms with van der Waals surface area (Å²) < 4.78 is 0. The monoisotopic (exact) mass is 402 g/mol. The third-order valence-electron chi connectivity index (χ3n) is 4.45. The van der Waals surface area contributed by atoms with Crippen LogP contribution in [0.1, 0.15) is 23.0 Å². The minimum Gasteiger partial charge on any atom is -0.332 e. The summed E-state index contributed by atoms with van der Waals surface area (Å²) in [6, 6.07) is 13.3. The molecule has 0 bridgehead atoms. The number of H-pyrrole nitrogens is 1. The number of aromatic nitrogens is 4. The third kappa shape index (κ3) is 3.70. The maximum Gasteiger partial charge on any atom is 0.176 e. The first-order valence-electron chi connectivity index (χ1n) is 8.97. The van der Waals surface area contributed by atoms with E-state index in [1.54, 1.807) is 12.4 Å². The highest BCUT2D eigenvalue weighted by molar-refractivity contribution is 7.80. The van der Waals surface area contributed by atoms with Crippen molar-refractivity contribution in [2.24, 2.45) is 0 Å². The number of nitrogens with zero attached hydrogens (tertiary/aromatic N) is 3. The Balaban J connectivity index is 1.83. The normalized spacial score (nSPS) is 10.7. The molecule has 8 heteroatoms. The van der Waals surface area contributed by atoms with Gasteiger partial charge in [0.15, 0.2) is 22.4 Å². The van der Waals surface area contributed by atoms with Gasteiger partial charge < -0.3 is 10.6 Å². The molecule has 0 saturated heterocycles. The fraction of sp³-hybridized carbons (Fsp3) is 0.0952. The van der Waals surface area contributed by atoms with E-state index in [9.17, 15) is 4.79 Å². The number of carbonyl (C=O) groups is 1. The summed E-state index contributed by atoms with van der Waals surface area (Å²) >= 11 is 5.44. The molecule has 3 heterocycles. The fourth-order valence-electron chi connectivity index (χ4n) is 3.29. The number of Topliss-reactive ketones (excluding diaryl/α,β-unsaturated/α-hetero) is 1. The largest absolute Gasteiger partial charge is 0.332 e. The van der Waals surface area contributed by atoms with E-state index in [0.29, 0.717) is 33.2 Å². The molecule has 4 aromatic rings. The summed E-state index contributed by atoms with van der Waals surface area (Å²) in [5.41, 5.74) is 4.12. The first-order chi connectivity index (χ1) is 14.0. The van der Waals surface area contributed by atoms with Crippen molar-refractivity contribution in [2.45, 2.75) is 13.8 Å². The highest BCUT2D eigenvalue weighted by atomic mass is 32.1. The standard InChI is InChI=1S/C21H18N6OS/c1-12-16(13(2)28)17(14-7-6-10-22-11-14)18-19(23-12)26-27-20(18)25-21(29)24-15-8-4-3-5-9-15/h3-11H,1-2H3,(H3,23,24,25,26,27,29). The van der Waals surface area contributed by atoms with Gasteiger partial charge in [-0.2, -0.15) is 5.10 Å². The van der Waals surface area contributed by atoms with E-state index in [4.69, 9.17) is 12.2 Å². The van der Waals surface area contributed by atoms with Crippen LogP contribution in [0, 0.1) is 6.92 Å². The van der Waals surface area contributed by atoms with Crippen molar-refractivity contribution in [3.63, 3.8) is 0 Å². The zero-order chi connectivity index (χ0) is 20.4. The second-order valence-corrected chi connectivity index (χ2v) is 6.89. The van der Waals surface area contributed by atoms with E-state index in [1.165, 1.54) is 6.92 Å². The zero-order valence-corrected chi connectivity index (χ0v) is 16.7. The Bertz CT molecular complexity index is 1200. The minimum absolute atomic E-state index is 0.0760. The van der Waals surface area contributed by atoms with Gasteiger partial charge in [-0.25, -0.2) is 4.98 Å². The van der Waals surface area contributed by atoms with Gasteiger partial charge in [0.05, 0.1) is 11.1 Å². The van der Waals surface area contributed by atoms with Crippen LogP contribution in [0.25, 0.3) is 22.2 Å². The minimum atomic E-state index is -0.0760. The number of rotatable bonds is 4. The summed E-state index contributed by atoms with van der Waals surface area (Å²) in [5.74, 6) is 0.412. The Hall–Kier alpha value is -3.65. The van der Waals surface area contributed by atoms with E-state index < -0.39 is 0 Å². The Morgan fingerprint density at radius 2 is 1.90 bits per heavy atom. The van der Waals surface area contributed by atoms with E-state index in [-0.39, 0.29) is 5.78 Å². The predicted octanol–water partition coefficient (Wildman–Crippen LogP) is 4.34. The average Bonchev–Trinajstić information content (AvgIpc) is 3.10. The molecule has 0 spiro atoms. The second kappa shape index (κ2) is 7.76. The van der Waals surface area contributed by atoms with Gasteiger partial charge in [0.2, 0.25) is 0 Å². The van der Waals surface area contributed by atoms with Crippen molar-refractivity contribution in [1.29, 1.82) is 0 Å². The average molecular weight is 402 g/mol. The lowest BCUT2D eigenvalue weighted by atomic mass is 9.95. The van der Waals surface area contributed by atoms with Crippen LogP contribution in [-0.2, 0) is 0 Å². The van der Waals surface area contributed by atoms with Gasteiger partial charge in [-0.05, 0) is 44.3 Å². The summed E-state index contributed by atoms with van der Waals surface area (Å²) in [6.07, 6.45) is 3.41. The number of hydrogen-bond acceptors (Lipinski definition) is 5. The molecular formula is C21H18N6OS. The molecule has 0 unspecified atom stereocenters. The Kier molecular flexibility index (Phi) is 5.01. The van der Waals surface area contributed by atoms with Gasteiger partial charge in [-0.3, -0.25) is 14.9 Å². The van der Waals surface area contributed by atoms with Gasteiger partial charge in [0.1, 0.15) is 0 Å². The molecular weight excluding hydrogens is 384 g/mol. The molecule has 0 aliphatic rings. The molecule has 1 aromatic carbocycles. The maximum atomic E-state index is 12.5. The molecule has 0 saturated carbocycles. The van der Waals surface area contributed by atoms with Crippen molar-refractivity contribution >= 4 is 45.7 Å². The molecule has 0 aliphatic heterocycles. The molecule has 0 atom stereocenters. The summed E-state index contributed by atoms with van der Waals surface area (Å²) in [5, 5.41) is 14.6. The number of carbonyl (C=O) groups excluding carboxylic acids is 1. The second-order valence-electron chi connectivity index (χ2n) is 6.49. The third-order valence-corrected chi connectivity index (χ3v) is 4.66. The summed E-state index contributed by atoms with van der Waals surface area (Å²) in [7, 11) is 0. The van der Waals surface area contributed by atoms with Crippen molar-refractivity contribution < 1.29 is 4.79 Å². The van der Waals surface area contributed by atoms with Crippen LogP contribution in [0.5, 0.6) is 0 Å². The van der Waals surface area contributed by atoms with Gasteiger partial charge in [0, 0.05) is 34.8 Å². The molecule has 4 rings (SSSR count). The molecule has 0 aliphatic carbocycles. The van der Waals surface area contributed by atoms with E-state index in [0.717, 1.165) is 16.8 Å². The number of aryl methyl sites for hydroxylation is 1. The van der Waals surface area contributed by atoms with Crippen LogP contribution in [-0.4, -0.2) is 31.1 Å². The quantitative estimate of drug-likeness (QED) is 0.345. The lowest BCUT2D eigenvalue weighted by molar-refractivity contribution is 0.101. The Morgan fingerprint density at radius 3 is 2.59 bits per heavy atom. The molecule has 144 valence electrons. The number of benzene rings is 1. The Labute approximate surface area is 172 Å². The SMILES string of the molecule is CC(=O)c1c(C)nc2[nH]nc(NC(=S)Nc3ccccc3)c2c1-c1cccnc1. The van der Waals surface area contributed by atoms with Gasteiger partial charge in [-0.15, -0.1) is 0 Å². The maximum absolute atomic E-state index is 12.5. The molecule has 3 aromatic heterocycles. The smallest absolute Gasteiger partial charge is 0.176 e. The highest BCUT2D eigenvalue weighted by Crippen LogP contribution is 2.36. The lowest BCUT2D eigenvalue weighted by Crippen LogP contribution is -2.19. The topological polar surface area (TPSA) is 95.6 Å². The van der Waals surface area contributed by atoms with Crippen LogP contribution in [0.4, 0.5) is 11.5 Å². The van der Waals surface area contributed by atoms with Gasteiger partial charge in [-0.1, -0.05) is 24.3 Å².